The van der Waals surface area contributed by atoms with Crippen molar-refractivity contribution >= 4 is 5.97 Å². The zero-order valence-corrected chi connectivity index (χ0v) is 12.7. The van der Waals surface area contributed by atoms with E-state index in [-0.39, 0.29) is 12.0 Å². The van der Waals surface area contributed by atoms with E-state index >= 15 is 0 Å². The summed E-state index contributed by atoms with van der Waals surface area (Å²) in [5.41, 5.74) is 1.05. The summed E-state index contributed by atoms with van der Waals surface area (Å²) in [5.74, 6) is 1.25. The molecule has 5 nitrogen and oxygen atoms in total. The molecule has 1 heterocycles. The predicted octanol–water partition coefficient (Wildman–Crippen LogP) is 1.93. The van der Waals surface area contributed by atoms with Crippen LogP contribution in [-0.4, -0.2) is 39.4 Å². The fourth-order valence-corrected chi connectivity index (χ4v) is 2.46. The van der Waals surface area contributed by atoms with Gasteiger partial charge in [-0.1, -0.05) is 12.5 Å². The van der Waals surface area contributed by atoms with E-state index < -0.39 is 0 Å². The molecule has 21 heavy (non-hydrogen) atoms. The Labute approximate surface area is 125 Å². The van der Waals surface area contributed by atoms with E-state index in [9.17, 15) is 4.79 Å². The summed E-state index contributed by atoms with van der Waals surface area (Å²) in [6.07, 6.45) is 3.76. The standard InChI is InChI=1S/C16H23NO4/c1-19-14-7-6-12(11-15(14)20-2)8-10-21-16(18)13-5-3-4-9-17-13/h6-7,11,13,17H,3-5,8-10H2,1-2H3. The van der Waals surface area contributed by atoms with E-state index in [1.807, 2.05) is 18.2 Å². The molecule has 0 aliphatic carbocycles. The van der Waals surface area contributed by atoms with Crippen LogP contribution in [0.15, 0.2) is 18.2 Å². The van der Waals surface area contributed by atoms with E-state index in [0.717, 1.165) is 31.4 Å². The molecule has 0 spiro atoms. The first kappa shape index (κ1) is 15.6. The van der Waals surface area contributed by atoms with E-state index in [1.165, 1.54) is 0 Å². The molecule has 1 aromatic rings. The van der Waals surface area contributed by atoms with Crippen molar-refractivity contribution in [2.45, 2.75) is 31.7 Å². The van der Waals surface area contributed by atoms with Crippen LogP contribution in [-0.2, 0) is 16.0 Å². The number of nitrogens with one attached hydrogen (secondary N) is 1. The van der Waals surface area contributed by atoms with Crippen molar-refractivity contribution in [2.24, 2.45) is 0 Å². The molecule has 1 N–H and O–H groups in total. The van der Waals surface area contributed by atoms with Gasteiger partial charge in [-0.15, -0.1) is 0 Å². The average Bonchev–Trinajstić information content (AvgIpc) is 2.55. The molecule has 1 fully saturated rings. The van der Waals surface area contributed by atoms with Gasteiger partial charge in [-0.3, -0.25) is 4.79 Å². The third-order valence-corrected chi connectivity index (χ3v) is 3.68. The number of piperidine rings is 1. The monoisotopic (exact) mass is 293 g/mol. The Morgan fingerprint density at radius 3 is 2.71 bits per heavy atom. The summed E-state index contributed by atoms with van der Waals surface area (Å²) in [6.45, 7) is 1.28. The Morgan fingerprint density at radius 1 is 1.24 bits per heavy atom. The molecule has 1 aromatic carbocycles. The molecule has 1 aliphatic rings. The van der Waals surface area contributed by atoms with Gasteiger partial charge in [0.1, 0.15) is 6.04 Å². The molecular formula is C16H23NO4. The average molecular weight is 293 g/mol. The zero-order chi connectivity index (χ0) is 15.1. The minimum atomic E-state index is -0.143. The Kier molecular flexibility index (Phi) is 5.87. The van der Waals surface area contributed by atoms with Crippen LogP contribution in [0, 0.1) is 0 Å². The fraction of sp³-hybridized carbons (Fsp3) is 0.562. The van der Waals surface area contributed by atoms with Gasteiger partial charge in [-0.05, 0) is 37.1 Å². The first-order chi connectivity index (χ1) is 10.2. The Morgan fingerprint density at radius 2 is 2.05 bits per heavy atom. The zero-order valence-electron chi connectivity index (χ0n) is 12.7. The number of ether oxygens (including phenoxy) is 3. The lowest BCUT2D eigenvalue weighted by molar-refractivity contribution is -0.146. The lowest BCUT2D eigenvalue weighted by Gasteiger charge is -2.21. The fourth-order valence-electron chi connectivity index (χ4n) is 2.46. The number of benzene rings is 1. The molecule has 0 radical (unpaired) electrons. The predicted molar refractivity (Wildman–Crippen MR) is 79.9 cm³/mol. The Balaban J connectivity index is 1.81. The van der Waals surface area contributed by atoms with E-state index in [4.69, 9.17) is 14.2 Å². The van der Waals surface area contributed by atoms with Crippen LogP contribution in [0.1, 0.15) is 24.8 Å². The minimum Gasteiger partial charge on any atom is -0.493 e. The molecule has 116 valence electrons. The second-order valence-electron chi connectivity index (χ2n) is 5.11. The number of esters is 1. The lowest BCUT2D eigenvalue weighted by Crippen LogP contribution is -2.41. The van der Waals surface area contributed by atoms with Gasteiger partial charge in [0, 0.05) is 6.42 Å². The van der Waals surface area contributed by atoms with Crippen molar-refractivity contribution in [3.05, 3.63) is 23.8 Å². The number of hydrogen-bond donors (Lipinski definition) is 1. The summed E-state index contributed by atoms with van der Waals surface area (Å²) in [6, 6.07) is 5.59. The minimum absolute atomic E-state index is 0.135. The largest absolute Gasteiger partial charge is 0.493 e. The summed E-state index contributed by atoms with van der Waals surface area (Å²) in [7, 11) is 3.22. The maximum Gasteiger partial charge on any atom is 0.323 e. The van der Waals surface area contributed by atoms with Crippen LogP contribution in [0.2, 0.25) is 0 Å². The lowest BCUT2D eigenvalue weighted by atomic mass is 10.1. The summed E-state index contributed by atoms with van der Waals surface area (Å²) >= 11 is 0. The highest BCUT2D eigenvalue weighted by Crippen LogP contribution is 2.27. The van der Waals surface area contributed by atoms with Crippen molar-refractivity contribution in [3.8, 4) is 11.5 Å². The van der Waals surface area contributed by atoms with E-state index in [0.29, 0.717) is 24.5 Å². The van der Waals surface area contributed by atoms with E-state index in [1.54, 1.807) is 14.2 Å². The van der Waals surface area contributed by atoms with Crippen LogP contribution < -0.4 is 14.8 Å². The number of hydrogen-bond acceptors (Lipinski definition) is 5. The van der Waals surface area contributed by atoms with Gasteiger partial charge in [-0.25, -0.2) is 0 Å². The van der Waals surface area contributed by atoms with Gasteiger partial charge in [0.05, 0.1) is 20.8 Å². The van der Waals surface area contributed by atoms with Crippen LogP contribution in [0.3, 0.4) is 0 Å². The highest BCUT2D eigenvalue weighted by atomic mass is 16.5. The van der Waals surface area contributed by atoms with Crippen molar-refractivity contribution in [1.82, 2.24) is 5.32 Å². The summed E-state index contributed by atoms with van der Waals surface area (Å²) in [4.78, 5) is 11.9. The van der Waals surface area contributed by atoms with Gasteiger partial charge in [-0.2, -0.15) is 0 Å². The molecule has 0 amide bonds. The molecular weight excluding hydrogens is 270 g/mol. The first-order valence-corrected chi connectivity index (χ1v) is 7.35. The van der Waals surface area contributed by atoms with Crippen molar-refractivity contribution in [3.63, 3.8) is 0 Å². The topological polar surface area (TPSA) is 56.8 Å². The Hall–Kier alpha value is -1.75. The SMILES string of the molecule is COc1ccc(CCOC(=O)C2CCCCN2)cc1OC. The molecule has 1 saturated heterocycles. The molecule has 5 heteroatoms. The van der Waals surface area contributed by atoms with Crippen molar-refractivity contribution in [1.29, 1.82) is 0 Å². The van der Waals surface area contributed by atoms with Crippen LogP contribution in [0.25, 0.3) is 0 Å². The van der Waals surface area contributed by atoms with Gasteiger partial charge in [0.15, 0.2) is 11.5 Å². The van der Waals surface area contributed by atoms with Gasteiger partial charge in [0.25, 0.3) is 0 Å². The van der Waals surface area contributed by atoms with Crippen LogP contribution >= 0.6 is 0 Å². The quantitative estimate of drug-likeness (QED) is 0.812. The van der Waals surface area contributed by atoms with Gasteiger partial charge in [0.2, 0.25) is 0 Å². The van der Waals surface area contributed by atoms with E-state index in [2.05, 4.69) is 5.32 Å². The second kappa shape index (κ2) is 7.88. The maximum atomic E-state index is 11.9. The Bertz CT molecular complexity index is 469. The maximum absolute atomic E-state index is 11.9. The smallest absolute Gasteiger partial charge is 0.323 e. The van der Waals surface area contributed by atoms with Crippen LogP contribution in [0.4, 0.5) is 0 Å². The highest BCUT2D eigenvalue weighted by Gasteiger charge is 2.21. The molecule has 0 aromatic heterocycles. The number of rotatable bonds is 6. The highest BCUT2D eigenvalue weighted by molar-refractivity contribution is 5.75. The van der Waals surface area contributed by atoms with Crippen molar-refractivity contribution in [2.75, 3.05) is 27.4 Å². The van der Waals surface area contributed by atoms with Gasteiger partial charge >= 0.3 is 5.97 Å². The number of methoxy groups -OCH3 is 2. The van der Waals surface area contributed by atoms with Gasteiger partial charge < -0.3 is 19.5 Å². The molecule has 1 atom stereocenters. The first-order valence-electron chi connectivity index (χ1n) is 7.35. The van der Waals surface area contributed by atoms with Crippen LogP contribution in [0.5, 0.6) is 11.5 Å². The number of carbonyl (C=O) groups excluding carboxylic acids is 1. The molecule has 1 unspecified atom stereocenters. The normalized spacial score (nSPS) is 18.1. The molecule has 2 rings (SSSR count). The molecule has 0 saturated carbocycles. The third kappa shape index (κ3) is 4.36. The number of carbonyl (C=O) groups is 1. The summed E-state index contributed by atoms with van der Waals surface area (Å²) in [5, 5.41) is 3.19. The molecule has 1 aliphatic heterocycles. The van der Waals surface area contributed by atoms with Crippen molar-refractivity contribution < 1.29 is 19.0 Å². The summed E-state index contributed by atoms with van der Waals surface area (Å²) < 4.78 is 15.8. The second-order valence-corrected chi connectivity index (χ2v) is 5.11. The third-order valence-electron chi connectivity index (χ3n) is 3.68. The molecule has 0 bridgehead atoms.